The van der Waals surface area contributed by atoms with Crippen molar-refractivity contribution in [3.63, 3.8) is 0 Å². The summed E-state index contributed by atoms with van der Waals surface area (Å²) in [5.74, 6) is -0.0734. The van der Waals surface area contributed by atoms with Crippen LogP contribution in [0.3, 0.4) is 0 Å². The topological polar surface area (TPSA) is 112 Å². The Morgan fingerprint density at radius 2 is 2.06 bits per heavy atom. The van der Waals surface area contributed by atoms with Crippen LogP contribution in [0.1, 0.15) is 0 Å². The standard InChI is InChI=1S/C10H10N4O3S/c11-8-3-1-2-4-9(8)18(16,17)13-10-7-14(15)6-5-12-10/h1-7H,11H2,(H,12,13). The summed E-state index contributed by atoms with van der Waals surface area (Å²) in [6, 6.07) is 6.02. The SMILES string of the molecule is Nc1ccccc1S(=O)(=O)Nc1c[n+]([O-])ccn1. The van der Waals surface area contributed by atoms with Gasteiger partial charge in [-0.25, -0.2) is 13.4 Å². The molecule has 0 amide bonds. The molecule has 3 N–H and O–H groups in total. The van der Waals surface area contributed by atoms with Crippen LogP contribution in [0.4, 0.5) is 11.5 Å². The Bertz CT molecular complexity index is 672. The Balaban J connectivity index is 2.37. The fraction of sp³-hybridized carbons (Fsp3) is 0. The maximum Gasteiger partial charge on any atom is 0.265 e. The molecule has 0 unspecified atom stereocenters. The van der Waals surface area contributed by atoms with Crippen molar-refractivity contribution in [3.8, 4) is 0 Å². The Hall–Kier alpha value is -2.35. The van der Waals surface area contributed by atoms with Crippen LogP contribution in [-0.4, -0.2) is 13.4 Å². The number of nitrogens with two attached hydrogens (primary N) is 1. The highest BCUT2D eigenvalue weighted by Crippen LogP contribution is 2.19. The number of nitrogens with zero attached hydrogens (tertiary/aromatic N) is 2. The van der Waals surface area contributed by atoms with E-state index >= 15 is 0 Å². The summed E-state index contributed by atoms with van der Waals surface area (Å²) < 4.78 is 26.6. The fourth-order valence-electron chi connectivity index (χ4n) is 1.35. The number of sulfonamides is 1. The molecule has 2 rings (SSSR count). The van der Waals surface area contributed by atoms with Gasteiger partial charge in [0.25, 0.3) is 10.0 Å². The van der Waals surface area contributed by atoms with E-state index < -0.39 is 10.0 Å². The third kappa shape index (κ3) is 2.48. The van der Waals surface area contributed by atoms with Crippen molar-refractivity contribution in [2.24, 2.45) is 0 Å². The minimum absolute atomic E-state index is 0.0619. The van der Waals surface area contributed by atoms with Gasteiger partial charge in [-0.15, -0.1) is 0 Å². The number of hydrogen-bond donors (Lipinski definition) is 2. The summed E-state index contributed by atoms with van der Waals surface area (Å²) in [7, 11) is -3.85. The predicted molar refractivity (Wildman–Crippen MR) is 64.9 cm³/mol. The van der Waals surface area contributed by atoms with Crippen molar-refractivity contribution in [3.05, 3.63) is 48.1 Å². The molecule has 7 nitrogen and oxygen atoms in total. The molecule has 0 atom stereocenters. The minimum atomic E-state index is -3.85. The second kappa shape index (κ2) is 4.49. The van der Waals surface area contributed by atoms with Crippen LogP contribution < -0.4 is 15.2 Å². The van der Waals surface area contributed by atoms with E-state index in [1.165, 1.54) is 18.3 Å². The van der Waals surface area contributed by atoms with E-state index in [1.54, 1.807) is 12.1 Å². The van der Waals surface area contributed by atoms with E-state index in [9.17, 15) is 13.6 Å². The molecule has 0 aliphatic heterocycles. The summed E-state index contributed by atoms with van der Waals surface area (Å²) in [6.45, 7) is 0. The van der Waals surface area contributed by atoms with Crippen LogP contribution >= 0.6 is 0 Å². The normalized spacial score (nSPS) is 11.1. The molecule has 0 aliphatic carbocycles. The first-order valence-electron chi connectivity index (χ1n) is 4.91. The molecule has 0 fully saturated rings. The summed E-state index contributed by atoms with van der Waals surface area (Å²) in [5, 5.41) is 11.0. The third-order valence-electron chi connectivity index (χ3n) is 2.12. The number of benzene rings is 1. The summed E-state index contributed by atoms with van der Waals surface area (Å²) in [5.41, 5.74) is 5.70. The maximum atomic E-state index is 12.0. The molecule has 0 spiro atoms. The van der Waals surface area contributed by atoms with Crippen LogP contribution in [0, 0.1) is 5.21 Å². The molecule has 1 aromatic heterocycles. The molecule has 0 saturated carbocycles. The van der Waals surface area contributed by atoms with E-state index in [4.69, 9.17) is 5.73 Å². The second-order valence-electron chi connectivity index (χ2n) is 3.44. The smallest absolute Gasteiger partial charge is 0.265 e. The van der Waals surface area contributed by atoms with Gasteiger partial charge in [-0.1, -0.05) is 12.1 Å². The Morgan fingerprint density at radius 1 is 1.33 bits per heavy atom. The fourth-order valence-corrected chi connectivity index (χ4v) is 2.47. The number of nitrogen functional groups attached to an aromatic ring is 1. The van der Waals surface area contributed by atoms with Gasteiger partial charge < -0.3 is 10.9 Å². The van der Waals surface area contributed by atoms with Crippen LogP contribution in [0.5, 0.6) is 0 Å². The molecule has 0 radical (unpaired) electrons. The lowest BCUT2D eigenvalue weighted by Crippen LogP contribution is -2.26. The number of rotatable bonds is 3. The first kappa shape index (κ1) is 12.1. The zero-order valence-corrected chi connectivity index (χ0v) is 9.96. The lowest BCUT2D eigenvalue weighted by Gasteiger charge is -2.08. The van der Waals surface area contributed by atoms with Crippen LogP contribution in [-0.2, 0) is 10.0 Å². The van der Waals surface area contributed by atoms with Gasteiger partial charge in [0, 0.05) is 0 Å². The van der Waals surface area contributed by atoms with E-state index in [0.29, 0.717) is 4.73 Å². The summed E-state index contributed by atoms with van der Waals surface area (Å²) in [4.78, 5) is 3.67. The molecule has 2 aromatic rings. The number of anilines is 2. The van der Waals surface area contributed by atoms with Crippen LogP contribution in [0.2, 0.25) is 0 Å². The summed E-state index contributed by atoms with van der Waals surface area (Å²) in [6.07, 6.45) is 3.35. The minimum Gasteiger partial charge on any atom is -0.619 e. The van der Waals surface area contributed by atoms with Gasteiger partial charge in [0.1, 0.15) is 4.90 Å². The van der Waals surface area contributed by atoms with Crippen molar-refractivity contribution < 1.29 is 13.1 Å². The predicted octanol–water partition coefficient (Wildman–Crippen LogP) is 0.0980. The molecule has 0 saturated heterocycles. The van der Waals surface area contributed by atoms with Gasteiger partial charge in [0.05, 0.1) is 11.9 Å². The van der Waals surface area contributed by atoms with Crippen molar-refractivity contribution in [2.75, 3.05) is 10.5 Å². The number of aromatic nitrogens is 2. The van der Waals surface area contributed by atoms with Gasteiger partial charge in [0.15, 0.2) is 6.20 Å². The molecule has 8 heteroatoms. The van der Waals surface area contributed by atoms with Crippen molar-refractivity contribution in [2.45, 2.75) is 4.90 Å². The number of para-hydroxylation sites is 1. The molecular weight excluding hydrogens is 256 g/mol. The lowest BCUT2D eigenvalue weighted by atomic mass is 10.3. The van der Waals surface area contributed by atoms with Gasteiger partial charge in [0.2, 0.25) is 12.0 Å². The zero-order chi connectivity index (χ0) is 13.2. The van der Waals surface area contributed by atoms with Gasteiger partial charge in [-0.2, -0.15) is 4.73 Å². The highest BCUT2D eigenvalue weighted by atomic mass is 32.2. The van der Waals surface area contributed by atoms with Gasteiger partial charge >= 0.3 is 0 Å². The van der Waals surface area contributed by atoms with E-state index in [2.05, 4.69) is 9.71 Å². The van der Waals surface area contributed by atoms with Gasteiger partial charge in [-0.05, 0) is 12.1 Å². The zero-order valence-electron chi connectivity index (χ0n) is 9.15. The monoisotopic (exact) mass is 266 g/mol. The van der Waals surface area contributed by atoms with Crippen molar-refractivity contribution >= 4 is 21.5 Å². The lowest BCUT2D eigenvalue weighted by molar-refractivity contribution is -0.605. The van der Waals surface area contributed by atoms with E-state index in [-0.39, 0.29) is 16.4 Å². The molecule has 94 valence electrons. The summed E-state index contributed by atoms with van der Waals surface area (Å²) >= 11 is 0. The molecular formula is C10H10N4O3S. The molecule has 1 aromatic carbocycles. The highest BCUT2D eigenvalue weighted by molar-refractivity contribution is 7.92. The van der Waals surface area contributed by atoms with Crippen LogP contribution in [0.25, 0.3) is 0 Å². The van der Waals surface area contributed by atoms with Crippen molar-refractivity contribution in [1.82, 2.24) is 4.98 Å². The average molecular weight is 266 g/mol. The number of hydrogen-bond acceptors (Lipinski definition) is 5. The highest BCUT2D eigenvalue weighted by Gasteiger charge is 2.18. The quantitative estimate of drug-likeness (QED) is 0.465. The third-order valence-corrected chi connectivity index (χ3v) is 3.55. The first-order chi connectivity index (χ1) is 8.49. The Morgan fingerprint density at radius 3 is 2.72 bits per heavy atom. The van der Waals surface area contributed by atoms with E-state index in [1.807, 2.05) is 0 Å². The number of nitrogens with one attached hydrogen (secondary N) is 1. The van der Waals surface area contributed by atoms with Gasteiger partial charge in [-0.3, -0.25) is 4.72 Å². The van der Waals surface area contributed by atoms with Crippen LogP contribution in [0.15, 0.2) is 47.8 Å². The molecule has 0 bridgehead atoms. The molecule has 1 heterocycles. The second-order valence-corrected chi connectivity index (χ2v) is 5.10. The Labute approximate surface area is 104 Å². The largest absolute Gasteiger partial charge is 0.619 e. The Kier molecular flexibility index (Phi) is 3.02. The molecule has 0 aliphatic rings. The maximum absolute atomic E-state index is 12.0. The molecule has 18 heavy (non-hydrogen) atoms. The first-order valence-corrected chi connectivity index (χ1v) is 6.39. The average Bonchev–Trinajstić information content (AvgIpc) is 2.28. The van der Waals surface area contributed by atoms with Crippen molar-refractivity contribution in [1.29, 1.82) is 0 Å². The van der Waals surface area contributed by atoms with E-state index in [0.717, 1.165) is 12.4 Å².